The van der Waals surface area contributed by atoms with E-state index < -0.39 is 5.97 Å². The number of halogens is 2. The molecule has 0 amide bonds. The first-order valence-electron chi connectivity index (χ1n) is 9.20. The molecule has 0 aliphatic heterocycles. The van der Waals surface area contributed by atoms with Crippen LogP contribution in [0.4, 0.5) is 0 Å². The lowest BCUT2D eigenvalue weighted by atomic mass is 9.48. The van der Waals surface area contributed by atoms with Gasteiger partial charge in [-0.1, -0.05) is 11.6 Å². The van der Waals surface area contributed by atoms with Crippen molar-refractivity contribution in [3.63, 3.8) is 0 Å². The summed E-state index contributed by atoms with van der Waals surface area (Å²) in [5.41, 5.74) is -0.227. The van der Waals surface area contributed by atoms with E-state index in [1.807, 2.05) is 0 Å². The molecule has 26 heavy (non-hydrogen) atoms. The van der Waals surface area contributed by atoms with Crippen LogP contribution in [0.5, 0.6) is 5.75 Å². The Bertz CT molecular complexity index is 697. The summed E-state index contributed by atoms with van der Waals surface area (Å²) >= 11 is 9.21. The summed E-state index contributed by atoms with van der Waals surface area (Å²) in [5, 5.41) is 0.577. The number of hydrogen-bond acceptors (Lipinski definition) is 4. The van der Waals surface area contributed by atoms with Gasteiger partial charge in [0.05, 0.1) is 4.47 Å². The fourth-order valence-electron chi connectivity index (χ4n) is 5.52. The Kier molecular flexibility index (Phi) is 5.04. The van der Waals surface area contributed by atoms with Crippen molar-refractivity contribution in [1.29, 1.82) is 0 Å². The Balaban J connectivity index is 1.28. The number of ether oxygens (including phenoxy) is 2. The van der Waals surface area contributed by atoms with Crippen LogP contribution in [-0.4, -0.2) is 25.0 Å². The van der Waals surface area contributed by atoms with Gasteiger partial charge in [0.2, 0.25) is 0 Å². The molecule has 4 saturated carbocycles. The summed E-state index contributed by atoms with van der Waals surface area (Å²) in [5.74, 6) is 2.20. The van der Waals surface area contributed by atoms with E-state index in [1.54, 1.807) is 18.2 Å². The van der Waals surface area contributed by atoms with Gasteiger partial charge < -0.3 is 9.47 Å². The van der Waals surface area contributed by atoms with Crippen molar-refractivity contribution in [2.45, 2.75) is 38.5 Å². The lowest BCUT2D eigenvalue weighted by Gasteiger charge is -2.55. The summed E-state index contributed by atoms with van der Waals surface area (Å²) in [6, 6.07) is 5.06. The highest BCUT2D eigenvalue weighted by molar-refractivity contribution is 9.10. The molecule has 4 nitrogen and oxygen atoms in total. The molecule has 4 aliphatic carbocycles. The number of Topliss-reactive ketones (excluding diaryl/α,β-unsaturated/α-hetero) is 1. The van der Waals surface area contributed by atoms with E-state index in [4.69, 9.17) is 21.1 Å². The Morgan fingerprint density at radius 2 is 1.69 bits per heavy atom. The fourth-order valence-corrected chi connectivity index (χ4v) is 6.32. The normalized spacial score (nSPS) is 31.7. The molecule has 0 radical (unpaired) electrons. The lowest BCUT2D eigenvalue weighted by molar-refractivity contribution is -0.158. The van der Waals surface area contributed by atoms with Gasteiger partial charge in [0, 0.05) is 10.4 Å². The molecule has 0 aromatic heterocycles. The second kappa shape index (κ2) is 7.16. The molecule has 5 rings (SSSR count). The second-order valence-corrected chi connectivity index (χ2v) is 9.44. The summed E-state index contributed by atoms with van der Waals surface area (Å²) < 4.78 is 11.3. The molecule has 1 aromatic carbocycles. The number of carbonyl (C=O) groups excluding carboxylic acids is 2. The average molecular weight is 442 g/mol. The standard InChI is InChI=1S/C20H22BrClO4/c21-16-6-15(22)1-2-17(16)25-11-19(24)26-10-18(23)20-7-12-3-13(8-20)5-14(4-12)9-20/h1-2,6,12-14H,3-5,7-11H2. The lowest BCUT2D eigenvalue weighted by Crippen LogP contribution is -2.51. The smallest absolute Gasteiger partial charge is 0.344 e. The summed E-state index contributed by atoms with van der Waals surface area (Å²) in [7, 11) is 0. The predicted molar refractivity (Wildman–Crippen MR) is 101 cm³/mol. The number of benzene rings is 1. The minimum absolute atomic E-state index is 0.109. The molecular weight excluding hydrogens is 420 g/mol. The Morgan fingerprint density at radius 3 is 2.27 bits per heavy atom. The molecule has 1 aromatic rings. The molecule has 0 N–H and O–H groups in total. The maximum Gasteiger partial charge on any atom is 0.344 e. The number of rotatable bonds is 6. The Labute approximate surface area is 166 Å². The van der Waals surface area contributed by atoms with E-state index in [-0.39, 0.29) is 24.4 Å². The van der Waals surface area contributed by atoms with Crippen molar-refractivity contribution in [2.24, 2.45) is 23.2 Å². The molecule has 0 heterocycles. The minimum Gasteiger partial charge on any atom is -0.481 e. The van der Waals surface area contributed by atoms with E-state index in [0.717, 1.165) is 19.3 Å². The van der Waals surface area contributed by atoms with Crippen molar-refractivity contribution in [3.05, 3.63) is 27.7 Å². The molecular formula is C20H22BrClO4. The number of esters is 1. The summed E-state index contributed by atoms with van der Waals surface area (Å²) in [6.45, 7) is -0.357. The summed E-state index contributed by atoms with van der Waals surface area (Å²) in [6.07, 6.45) is 6.83. The Hall–Kier alpha value is -1.07. The molecule has 0 spiro atoms. The quantitative estimate of drug-likeness (QED) is 0.595. The fraction of sp³-hybridized carbons (Fsp3) is 0.600. The topological polar surface area (TPSA) is 52.6 Å². The van der Waals surface area contributed by atoms with Gasteiger partial charge in [0.25, 0.3) is 0 Å². The van der Waals surface area contributed by atoms with Crippen LogP contribution in [0.1, 0.15) is 38.5 Å². The first kappa shape index (κ1) is 18.3. The van der Waals surface area contributed by atoms with Crippen LogP contribution in [0.3, 0.4) is 0 Å². The maximum atomic E-state index is 12.8. The van der Waals surface area contributed by atoms with E-state index in [9.17, 15) is 9.59 Å². The zero-order chi connectivity index (χ0) is 18.3. The highest BCUT2D eigenvalue weighted by Crippen LogP contribution is 2.60. The van der Waals surface area contributed by atoms with Crippen LogP contribution in [0.2, 0.25) is 5.02 Å². The molecule has 0 unspecified atom stereocenters. The number of carbonyl (C=O) groups is 2. The minimum atomic E-state index is -0.523. The predicted octanol–water partition coefficient (Wildman–Crippen LogP) is 4.81. The SMILES string of the molecule is O=C(COc1ccc(Cl)cc1Br)OCC(=O)C12CC3CC(CC(C3)C1)C2. The van der Waals surface area contributed by atoms with E-state index in [0.29, 0.717) is 33.0 Å². The van der Waals surface area contributed by atoms with Gasteiger partial charge in [-0.3, -0.25) is 4.79 Å². The monoisotopic (exact) mass is 440 g/mol. The van der Waals surface area contributed by atoms with Crippen molar-refractivity contribution >= 4 is 39.3 Å². The van der Waals surface area contributed by atoms with E-state index in [2.05, 4.69) is 15.9 Å². The molecule has 4 fully saturated rings. The highest BCUT2D eigenvalue weighted by Gasteiger charge is 2.54. The number of ketones is 1. The van der Waals surface area contributed by atoms with Crippen LogP contribution < -0.4 is 4.74 Å². The van der Waals surface area contributed by atoms with Crippen LogP contribution in [0.15, 0.2) is 22.7 Å². The first-order chi connectivity index (χ1) is 12.4. The third-order valence-corrected chi connectivity index (χ3v) is 7.09. The molecule has 6 heteroatoms. The van der Waals surface area contributed by atoms with Crippen molar-refractivity contribution in [1.82, 2.24) is 0 Å². The van der Waals surface area contributed by atoms with Gasteiger partial charge in [-0.25, -0.2) is 4.79 Å². The molecule has 140 valence electrons. The van der Waals surface area contributed by atoms with Gasteiger partial charge in [0.15, 0.2) is 19.0 Å². The molecule has 0 saturated heterocycles. The first-order valence-corrected chi connectivity index (χ1v) is 10.4. The zero-order valence-electron chi connectivity index (χ0n) is 14.5. The van der Waals surface area contributed by atoms with E-state index in [1.165, 1.54) is 19.3 Å². The summed E-state index contributed by atoms with van der Waals surface area (Å²) in [4.78, 5) is 24.8. The maximum absolute atomic E-state index is 12.8. The molecule has 4 aliphatic rings. The third-order valence-electron chi connectivity index (χ3n) is 6.23. The van der Waals surface area contributed by atoms with Crippen molar-refractivity contribution < 1.29 is 19.1 Å². The zero-order valence-corrected chi connectivity index (χ0v) is 16.9. The van der Waals surface area contributed by atoms with E-state index >= 15 is 0 Å². The van der Waals surface area contributed by atoms with Crippen molar-refractivity contribution in [2.75, 3.05) is 13.2 Å². The third kappa shape index (κ3) is 3.65. The van der Waals surface area contributed by atoms with Gasteiger partial charge >= 0.3 is 5.97 Å². The second-order valence-electron chi connectivity index (χ2n) is 8.15. The average Bonchev–Trinajstić information content (AvgIpc) is 2.57. The van der Waals surface area contributed by atoms with Gasteiger partial charge in [-0.2, -0.15) is 0 Å². The van der Waals surface area contributed by atoms with Gasteiger partial charge in [0.1, 0.15) is 5.75 Å². The largest absolute Gasteiger partial charge is 0.481 e. The van der Waals surface area contributed by atoms with Crippen LogP contribution in [-0.2, 0) is 14.3 Å². The highest BCUT2D eigenvalue weighted by atomic mass is 79.9. The Morgan fingerprint density at radius 1 is 1.08 bits per heavy atom. The number of hydrogen-bond donors (Lipinski definition) is 0. The molecule has 4 bridgehead atoms. The van der Waals surface area contributed by atoms with Gasteiger partial charge in [-0.15, -0.1) is 0 Å². The van der Waals surface area contributed by atoms with Crippen molar-refractivity contribution in [3.8, 4) is 5.75 Å². The molecule has 0 atom stereocenters. The van der Waals surface area contributed by atoms with Gasteiger partial charge in [-0.05, 0) is 90.4 Å². The van der Waals surface area contributed by atoms with Crippen LogP contribution >= 0.6 is 27.5 Å². The van der Waals surface area contributed by atoms with Crippen LogP contribution in [0.25, 0.3) is 0 Å². The van der Waals surface area contributed by atoms with Crippen LogP contribution in [0, 0.1) is 23.2 Å².